The highest BCUT2D eigenvalue weighted by Crippen LogP contribution is 2.16. The lowest BCUT2D eigenvalue weighted by atomic mass is 10.2. The summed E-state index contributed by atoms with van der Waals surface area (Å²) in [4.78, 5) is 24.8. The molecule has 1 aliphatic rings. The SMILES string of the molecule is CC(C)(C)OC(=O)NCCCCCN1CC(S)CC1=O. The van der Waals surface area contributed by atoms with Crippen molar-refractivity contribution in [2.24, 2.45) is 0 Å². The van der Waals surface area contributed by atoms with Crippen molar-refractivity contribution in [3.8, 4) is 0 Å². The van der Waals surface area contributed by atoms with E-state index in [1.54, 1.807) is 0 Å². The maximum Gasteiger partial charge on any atom is 0.407 e. The van der Waals surface area contributed by atoms with Crippen molar-refractivity contribution in [1.29, 1.82) is 0 Å². The lowest BCUT2D eigenvalue weighted by Crippen LogP contribution is -2.33. The molecule has 1 unspecified atom stereocenters. The van der Waals surface area contributed by atoms with Gasteiger partial charge in [-0.1, -0.05) is 0 Å². The van der Waals surface area contributed by atoms with Crippen LogP contribution < -0.4 is 5.32 Å². The quantitative estimate of drug-likeness (QED) is 0.584. The Balaban J connectivity index is 2.00. The van der Waals surface area contributed by atoms with Gasteiger partial charge in [0.2, 0.25) is 5.91 Å². The summed E-state index contributed by atoms with van der Waals surface area (Å²) in [6.45, 7) is 7.69. The monoisotopic (exact) mass is 302 g/mol. The molecule has 0 aromatic heterocycles. The fourth-order valence-electron chi connectivity index (χ4n) is 2.08. The fourth-order valence-corrected chi connectivity index (χ4v) is 2.43. The average molecular weight is 302 g/mol. The Hall–Kier alpha value is -0.910. The van der Waals surface area contributed by atoms with Gasteiger partial charge in [-0.15, -0.1) is 0 Å². The van der Waals surface area contributed by atoms with Crippen LogP contribution in [0.25, 0.3) is 0 Å². The van der Waals surface area contributed by atoms with Crippen LogP contribution in [0.5, 0.6) is 0 Å². The van der Waals surface area contributed by atoms with Crippen LogP contribution >= 0.6 is 12.6 Å². The van der Waals surface area contributed by atoms with Crippen LogP contribution in [-0.4, -0.2) is 47.4 Å². The van der Waals surface area contributed by atoms with Crippen LogP contribution in [0.15, 0.2) is 0 Å². The molecule has 1 fully saturated rings. The third-order valence-electron chi connectivity index (χ3n) is 2.97. The standard InChI is InChI=1S/C14H26N2O3S/c1-14(2,3)19-13(18)15-7-5-4-6-8-16-10-11(20)9-12(16)17/h11,20H,4-10H2,1-3H3,(H,15,18). The third-order valence-corrected chi connectivity index (χ3v) is 3.31. The third kappa shape index (κ3) is 7.03. The molecule has 0 radical (unpaired) electrons. The zero-order chi connectivity index (χ0) is 15.2. The summed E-state index contributed by atoms with van der Waals surface area (Å²) in [6.07, 6.45) is 3.03. The van der Waals surface area contributed by atoms with Gasteiger partial charge in [-0.3, -0.25) is 4.79 Å². The first-order chi connectivity index (χ1) is 9.28. The van der Waals surface area contributed by atoms with Gasteiger partial charge >= 0.3 is 6.09 Å². The highest BCUT2D eigenvalue weighted by molar-refractivity contribution is 7.81. The number of unbranched alkanes of at least 4 members (excludes halogenated alkanes) is 2. The van der Waals surface area contributed by atoms with E-state index in [-0.39, 0.29) is 17.3 Å². The molecule has 1 aliphatic heterocycles. The molecule has 2 amide bonds. The maximum atomic E-state index is 11.5. The van der Waals surface area contributed by atoms with E-state index in [4.69, 9.17) is 4.74 Å². The lowest BCUT2D eigenvalue weighted by molar-refractivity contribution is -0.127. The van der Waals surface area contributed by atoms with Gasteiger partial charge in [-0.05, 0) is 40.0 Å². The van der Waals surface area contributed by atoms with E-state index in [0.717, 1.165) is 32.4 Å². The largest absolute Gasteiger partial charge is 0.444 e. The molecule has 20 heavy (non-hydrogen) atoms. The molecule has 6 heteroatoms. The van der Waals surface area contributed by atoms with E-state index >= 15 is 0 Å². The summed E-state index contributed by atoms with van der Waals surface area (Å²) in [5.74, 6) is 0.205. The molecule has 0 aliphatic carbocycles. The number of ether oxygens (including phenoxy) is 1. The normalized spacial score (nSPS) is 19.3. The Morgan fingerprint density at radius 3 is 2.65 bits per heavy atom. The molecule has 1 rings (SSSR count). The minimum Gasteiger partial charge on any atom is -0.444 e. The van der Waals surface area contributed by atoms with E-state index in [0.29, 0.717) is 13.0 Å². The number of hydrogen-bond donors (Lipinski definition) is 2. The number of carbonyl (C=O) groups excluding carboxylic acids is 2. The van der Waals surface area contributed by atoms with Crippen molar-refractivity contribution in [3.63, 3.8) is 0 Å². The molecule has 1 atom stereocenters. The first-order valence-corrected chi connectivity index (χ1v) is 7.72. The first-order valence-electron chi connectivity index (χ1n) is 7.20. The minimum absolute atomic E-state index is 0.191. The summed E-state index contributed by atoms with van der Waals surface area (Å²) in [5.41, 5.74) is -0.455. The number of alkyl carbamates (subject to hydrolysis) is 1. The minimum atomic E-state index is -0.455. The van der Waals surface area contributed by atoms with Gasteiger partial charge in [0.05, 0.1) is 0 Å². The summed E-state index contributed by atoms with van der Waals surface area (Å²) < 4.78 is 5.14. The molecule has 5 nitrogen and oxygen atoms in total. The topological polar surface area (TPSA) is 58.6 Å². The summed E-state index contributed by atoms with van der Waals surface area (Å²) in [6, 6.07) is 0. The fraction of sp³-hybridized carbons (Fsp3) is 0.857. The molecule has 0 aromatic carbocycles. The number of thiol groups is 1. The number of amides is 2. The van der Waals surface area contributed by atoms with Crippen LogP contribution in [0, 0.1) is 0 Å². The molecular weight excluding hydrogens is 276 g/mol. The zero-order valence-electron chi connectivity index (χ0n) is 12.6. The van der Waals surface area contributed by atoms with Gasteiger partial charge in [0.15, 0.2) is 0 Å². The van der Waals surface area contributed by atoms with Crippen molar-refractivity contribution in [2.45, 2.75) is 57.3 Å². The second kappa shape index (κ2) is 7.76. The maximum absolute atomic E-state index is 11.5. The Morgan fingerprint density at radius 1 is 1.40 bits per heavy atom. The second-order valence-corrected chi connectivity index (χ2v) is 6.92. The molecule has 1 N–H and O–H groups in total. The van der Waals surface area contributed by atoms with Crippen molar-refractivity contribution in [1.82, 2.24) is 10.2 Å². The van der Waals surface area contributed by atoms with E-state index in [1.807, 2.05) is 25.7 Å². The van der Waals surface area contributed by atoms with E-state index in [2.05, 4.69) is 17.9 Å². The van der Waals surface area contributed by atoms with Crippen LogP contribution in [0.1, 0.15) is 46.5 Å². The molecule has 116 valence electrons. The lowest BCUT2D eigenvalue weighted by Gasteiger charge is -2.19. The highest BCUT2D eigenvalue weighted by Gasteiger charge is 2.26. The predicted molar refractivity (Wildman–Crippen MR) is 82.1 cm³/mol. The van der Waals surface area contributed by atoms with Gasteiger partial charge in [0.1, 0.15) is 5.60 Å². The van der Waals surface area contributed by atoms with Gasteiger partial charge in [0.25, 0.3) is 0 Å². The van der Waals surface area contributed by atoms with Crippen molar-refractivity contribution < 1.29 is 14.3 Å². The Kier molecular flexibility index (Phi) is 6.65. The number of rotatable bonds is 6. The average Bonchev–Trinajstić information content (AvgIpc) is 2.60. The Bertz CT molecular complexity index is 342. The van der Waals surface area contributed by atoms with Crippen molar-refractivity contribution in [2.75, 3.05) is 19.6 Å². The van der Waals surface area contributed by atoms with E-state index in [1.165, 1.54) is 0 Å². The number of carbonyl (C=O) groups is 2. The molecule has 0 spiro atoms. The van der Waals surface area contributed by atoms with Crippen LogP contribution in [0.2, 0.25) is 0 Å². The molecule has 0 bridgehead atoms. The first kappa shape index (κ1) is 17.1. The molecule has 1 heterocycles. The van der Waals surface area contributed by atoms with Crippen LogP contribution in [0.4, 0.5) is 4.79 Å². The van der Waals surface area contributed by atoms with Gasteiger partial charge < -0.3 is 15.0 Å². The second-order valence-electron chi connectivity index (χ2n) is 6.19. The highest BCUT2D eigenvalue weighted by atomic mass is 32.1. The molecule has 1 saturated heterocycles. The van der Waals surface area contributed by atoms with Gasteiger partial charge in [-0.25, -0.2) is 4.79 Å². The zero-order valence-corrected chi connectivity index (χ0v) is 13.5. The number of likely N-dealkylation sites (tertiary alicyclic amines) is 1. The molecule has 0 aromatic rings. The van der Waals surface area contributed by atoms with E-state index in [9.17, 15) is 9.59 Å². The van der Waals surface area contributed by atoms with Crippen molar-refractivity contribution >= 4 is 24.6 Å². The summed E-state index contributed by atoms with van der Waals surface area (Å²) in [5, 5.41) is 2.92. The number of nitrogens with zero attached hydrogens (tertiary/aromatic N) is 1. The van der Waals surface area contributed by atoms with Crippen LogP contribution in [-0.2, 0) is 9.53 Å². The van der Waals surface area contributed by atoms with Gasteiger partial charge in [0, 0.05) is 31.3 Å². The van der Waals surface area contributed by atoms with Crippen molar-refractivity contribution in [3.05, 3.63) is 0 Å². The number of nitrogens with one attached hydrogen (secondary N) is 1. The Morgan fingerprint density at radius 2 is 2.10 bits per heavy atom. The van der Waals surface area contributed by atoms with E-state index < -0.39 is 5.60 Å². The molecule has 0 saturated carbocycles. The Labute approximate surface area is 126 Å². The molecular formula is C14H26N2O3S. The smallest absolute Gasteiger partial charge is 0.407 e. The predicted octanol–water partition coefficient (Wildman–Crippen LogP) is 2.21. The number of hydrogen-bond acceptors (Lipinski definition) is 4. The summed E-state index contributed by atoms with van der Waals surface area (Å²) in [7, 11) is 0. The van der Waals surface area contributed by atoms with Crippen LogP contribution in [0.3, 0.4) is 0 Å². The summed E-state index contributed by atoms with van der Waals surface area (Å²) >= 11 is 4.32. The van der Waals surface area contributed by atoms with Gasteiger partial charge in [-0.2, -0.15) is 12.6 Å².